The average molecular weight is 366 g/mol. The van der Waals surface area contributed by atoms with Crippen molar-refractivity contribution in [1.29, 1.82) is 0 Å². The van der Waals surface area contributed by atoms with E-state index in [-0.39, 0.29) is 0 Å². The zero-order valence-corrected chi connectivity index (χ0v) is 15.1. The van der Waals surface area contributed by atoms with Gasteiger partial charge in [0, 0.05) is 36.3 Å². The zero-order chi connectivity index (χ0) is 18.1. The minimum Gasteiger partial charge on any atom is -0.439 e. The van der Waals surface area contributed by atoms with Crippen LogP contribution < -0.4 is 4.74 Å². The molecule has 0 saturated heterocycles. The molecule has 0 fully saturated rings. The largest absolute Gasteiger partial charge is 0.439 e. The Morgan fingerprint density at radius 3 is 2.62 bits per heavy atom. The molecule has 3 aromatic heterocycles. The number of halogens is 1. The van der Waals surface area contributed by atoms with Crippen LogP contribution in [-0.4, -0.2) is 24.5 Å². The Balaban J connectivity index is 1.66. The molecule has 0 aliphatic carbocycles. The van der Waals surface area contributed by atoms with Gasteiger partial charge < -0.3 is 4.74 Å². The third-order valence-corrected chi connectivity index (χ3v) is 4.01. The molecular weight excluding hydrogens is 350 g/mol. The van der Waals surface area contributed by atoms with E-state index in [4.69, 9.17) is 16.3 Å². The molecule has 0 bridgehead atoms. The zero-order valence-electron chi connectivity index (χ0n) is 14.3. The first kappa shape index (κ1) is 16.4. The number of aryl methyl sites for hydroxylation is 2. The lowest BCUT2D eigenvalue weighted by atomic mass is 10.3. The fourth-order valence-corrected chi connectivity index (χ4v) is 2.95. The van der Waals surface area contributed by atoms with Crippen LogP contribution in [0.15, 0.2) is 60.9 Å². The summed E-state index contributed by atoms with van der Waals surface area (Å²) < 4.78 is 9.51. The van der Waals surface area contributed by atoms with Crippen LogP contribution in [-0.2, 0) is 0 Å². The van der Waals surface area contributed by atoms with Gasteiger partial charge in [0.05, 0.1) is 17.1 Å². The van der Waals surface area contributed by atoms with E-state index in [1.807, 2.05) is 61.1 Å². The number of aromatic nitrogens is 5. The summed E-state index contributed by atoms with van der Waals surface area (Å²) in [7, 11) is 0. The molecule has 0 aliphatic rings. The van der Waals surface area contributed by atoms with Gasteiger partial charge in [-0.2, -0.15) is 10.2 Å². The minimum absolute atomic E-state index is 0.336. The van der Waals surface area contributed by atoms with Gasteiger partial charge in [0.1, 0.15) is 10.9 Å². The van der Waals surface area contributed by atoms with E-state index in [0.29, 0.717) is 16.8 Å². The van der Waals surface area contributed by atoms with Crippen molar-refractivity contribution in [2.75, 3.05) is 0 Å². The van der Waals surface area contributed by atoms with E-state index in [1.54, 1.807) is 23.0 Å². The van der Waals surface area contributed by atoms with Gasteiger partial charge in [-0.3, -0.25) is 0 Å². The predicted octanol–water partition coefficient (Wildman–Crippen LogP) is 4.52. The van der Waals surface area contributed by atoms with Crippen molar-refractivity contribution in [2.45, 2.75) is 13.8 Å². The maximum atomic E-state index is 6.14. The second-order valence-electron chi connectivity index (χ2n) is 5.88. The molecular formula is C19H16ClN5O. The summed E-state index contributed by atoms with van der Waals surface area (Å²) in [6, 6.07) is 15.1. The van der Waals surface area contributed by atoms with E-state index >= 15 is 0 Å². The number of hydrogen-bond acceptors (Lipinski definition) is 4. The lowest BCUT2D eigenvalue weighted by Crippen LogP contribution is -2.00. The molecule has 0 saturated carbocycles. The van der Waals surface area contributed by atoms with Crippen LogP contribution in [0.2, 0.25) is 5.15 Å². The summed E-state index contributed by atoms with van der Waals surface area (Å²) in [4.78, 5) is 4.24. The van der Waals surface area contributed by atoms with Crippen LogP contribution in [0, 0.1) is 13.8 Å². The molecule has 130 valence electrons. The Morgan fingerprint density at radius 2 is 1.88 bits per heavy atom. The molecule has 0 spiro atoms. The molecule has 1 aromatic carbocycles. The van der Waals surface area contributed by atoms with Crippen molar-refractivity contribution in [3.63, 3.8) is 0 Å². The van der Waals surface area contributed by atoms with Crippen LogP contribution in [0.25, 0.3) is 11.4 Å². The second-order valence-corrected chi connectivity index (χ2v) is 6.26. The number of rotatable bonds is 4. The van der Waals surface area contributed by atoms with Crippen molar-refractivity contribution in [3.05, 3.63) is 77.5 Å². The Bertz CT molecular complexity index is 1060. The van der Waals surface area contributed by atoms with E-state index < -0.39 is 0 Å². The van der Waals surface area contributed by atoms with Crippen molar-refractivity contribution in [3.8, 4) is 23.0 Å². The highest BCUT2D eigenvalue weighted by Crippen LogP contribution is 2.26. The molecule has 0 amide bonds. The third kappa shape index (κ3) is 3.32. The predicted molar refractivity (Wildman–Crippen MR) is 99.5 cm³/mol. The SMILES string of the molecule is Cc1cc(C)n(-c2cccc(Oc3cc(-n4cccn4)cc(Cl)n3)c2)n1. The highest BCUT2D eigenvalue weighted by molar-refractivity contribution is 6.29. The van der Waals surface area contributed by atoms with Crippen LogP contribution in [0.4, 0.5) is 0 Å². The Morgan fingerprint density at radius 1 is 1.00 bits per heavy atom. The number of hydrogen-bond donors (Lipinski definition) is 0. The topological polar surface area (TPSA) is 57.8 Å². The first-order valence-electron chi connectivity index (χ1n) is 8.08. The normalized spacial score (nSPS) is 10.9. The fourth-order valence-electron chi connectivity index (χ4n) is 2.76. The van der Waals surface area contributed by atoms with Crippen molar-refractivity contribution in [2.24, 2.45) is 0 Å². The van der Waals surface area contributed by atoms with Crippen LogP contribution in [0.3, 0.4) is 0 Å². The van der Waals surface area contributed by atoms with Crippen LogP contribution >= 0.6 is 11.6 Å². The number of nitrogens with zero attached hydrogens (tertiary/aromatic N) is 5. The van der Waals surface area contributed by atoms with Gasteiger partial charge in [-0.25, -0.2) is 14.3 Å². The molecule has 0 radical (unpaired) electrons. The van der Waals surface area contributed by atoms with E-state index in [2.05, 4.69) is 15.2 Å². The molecule has 4 rings (SSSR count). The molecule has 0 unspecified atom stereocenters. The van der Waals surface area contributed by atoms with Gasteiger partial charge in [-0.1, -0.05) is 17.7 Å². The van der Waals surface area contributed by atoms with Gasteiger partial charge in [0.2, 0.25) is 5.88 Å². The lowest BCUT2D eigenvalue weighted by molar-refractivity contribution is 0.462. The van der Waals surface area contributed by atoms with Gasteiger partial charge in [-0.05, 0) is 38.1 Å². The maximum absolute atomic E-state index is 6.14. The van der Waals surface area contributed by atoms with Gasteiger partial charge in [0.15, 0.2) is 0 Å². The first-order chi connectivity index (χ1) is 12.6. The lowest BCUT2D eigenvalue weighted by Gasteiger charge is -2.10. The summed E-state index contributed by atoms with van der Waals surface area (Å²) in [5, 5.41) is 9.04. The summed E-state index contributed by atoms with van der Waals surface area (Å²) in [6.45, 7) is 3.99. The Kier molecular flexibility index (Phi) is 4.18. The minimum atomic E-state index is 0.336. The third-order valence-electron chi connectivity index (χ3n) is 3.82. The molecule has 0 N–H and O–H groups in total. The number of benzene rings is 1. The van der Waals surface area contributed by atoms with Crippen molar-refractivity contribution in [1.82, 2.24) is 24.5 Å². The molecule has 0 atom stereocenters. The standard InChI is InChI=1S/C19H16ClN5O/c1-13-9-14(2)25(23-13)15-5-3-6-17(10-15)26-19-12-16(11-18(20)22-19)24-8-4-7-21-24/h3-12H,1-2H3. The average Bonchev–Trinajstić information content (AvgIpc) is 3.24. The Labute approximate surface area is 155 Å². The summed E-state index contributed by atoms with van der Waals surface area (Å²) in [5.41, 5.74) is 3.72. The van der Waals surface area contributed by atoms with Gasteiger partial charge in [-0.15, -0.1) is 0 Å². The molecule has 0 aliphatic heterocycles. The second kappa shape index (κ2) is 6.65. The highest BCUT2D eigenvalue weighted by atomic mass is 35.5. The molecule has 6 nitrogen and oxygen atoms in total. The monoisotopic (exact) mass is 365 g/mol. The maximum Gasteiger partial charge on any atom is 0.222 e. The van der Waals surface area contributed by atoms with E-state index in [0.717, 1.165) is 22.8 Å². The van der Waals surface area contributed by atoms with Gasteiger partial charge in [0.25, 0.3) is 0 Å². The van der Waals surface area contributed by atoms with E-state index in [1.165, 1.54) is 0 Å². The Hall–Kier alpha value is -3.12. The molecule has 4 aromatic rings. The van der Waals surface area contributed by atoms with Crippen LogP contribution in [0.5, 0.6) is 11.6 Å². The highest BCUT2D eigenvalue weighted by Gasteiger charge is 2.08. The number of pyridine rings is 1. The van der Waals surface area contributed by atoms with E-state index in [9.17, 15) is 0 Å². The van der Waals surface area contributed by atoms with Crippen molar-refractivity contribution < 1.29 is 4.74 Å². The summed E-state index contributed by atoms with van der Waals surface area (Å²) >= 11 is 6.14. The molecule has 3 heterocycles. The van der Waals surface area contributed by atoms with Gasteiger partial charge >= 0.3 is 0 Å². The van der Waals surface area contributed by atoms with Crippen molar-refractivity contribution >= 4 is 11.6 Å². The number of ether oxygens (including phenoxy) is 1. The summed E-state index contributed by atoms with van der Waals surface area (Å²) in [6.07, 6.45) is 3.53. The molecule has 26 heavy (non-hydrogen) atoms. The quantitative estimate of drug-likeness (QED) is 0.499. The fraction of sp³-hybridized carbons (Fsp3) is 0.105. The summed E-state index contributed by atoms with van der Waals surface area (Å²) in [5.74, 6) is 1.05. The van der Waals surface area contributed by atoms with Crippen LogP contribution in [0.1, 0.15) is 11.4 Å². The molecule has 7 heteroatoms. The first-order valence-corrected chi connectivity index (χ1v) is 8.45. The smallest absolute Gasteiger partial charge is 0.222 e.